The first kappa shape index (κ1) is 21.4. The number of nitrogens with one attached hydrogen (secondary N) is 1. The zero-order chi connectivity index (χ0) is 21.9. The van der Waals surface area contributed by atoms with E-state index in [0.717, 1.165) is 22.4 Å². The van der Waals surface area contributed by atoms with Crippen molar-refractivity contribution >= 4 is 15.9 Å². The van der Waals surface area contributed by atoms with Gasteiger partial charge in [0.15, 0.2) is 12.4 Å². The van der Waals surface area contributed by atoms with E-state index in [-0.39, 0.29) is 23.1 Å². The third-order valence-corrected chi connectivity index (χ3v) is 5.30. The monoisotopic (exact) mass is 439 g/mol. The molecule has 11 heteroatoms. The van der Waals surface area contributed by atoms with Crippen LogP contribution in [0.25, 0.3) is 0 Å². The number of benzene rings is 2. The van der Waals surface area contributed by atoms with Crippen molar-refractivity contribution in [2.75, 3.05) is 0 Å². The molecule has 0 radical (unpaired) electrons. The van der Waals surface area contributed by atoms with Crippen molar-refractivity contribution < 1.29 is 31.1 Å². The number of aryl methyl sites for hydroxylation is 1. The van der Waals surface area contributed by atoms with Gasteiger partial charge in [-0.2, -0.15) is 18.3 Å². The van der Waals surface area contributed by atoms with Crippen molar-refractivity contribution in [2.24, 2.45) is 0 Å². The lowest BCUT2D eigenvalue weighted by Gasteiger charge is -2.10. The molecule has 0 atom stereocenters. The number of alkyl halides is 3. The van der Waals surface area contributed by atoms with Gasteiger partial charge in [-0.05, 0) is 43.3 Å². The summed E-state index contributed by atoms with van der Waals surface area (Å²) in [6.07, 6.45) is -3.17. The topological polar surface area (TPSA) is 90.3 Å². The maximum Gasteiger partial charge on any atom is 0.416 e. The first-order valence-corrected chi connectivity index (χ1v) is 10.0. The van der Waals surface area contributed by atoms with Crippen molar-refractivity contribution in [3.8, 4) is 5.75 Å². The summed E-state index contributed by atoms with van der Waals surface area (Å²) in [6, 6.07) is 11.5. The Labute approximate surface area is 170 Å². The predicted octanol–water partition coefficient (Wildman–Crippen LogP) is 3.37. The maximum absolute atomic E-state index is 12.7. The molecule has 0 saturated heterocycles. The normalized spacial score (nSPS) is 11.9. The van der Waals surface area contributed by atoms with Crippen molar-refractivity contribution in [2.45, 2.75) is 24.7 Å². The zero-order valence-electron chi connectivity index (χ0n) is 15.6. The second-order valence-electron chi connectivity index (χ2n) is 6.29. The van der Waals surface area contributed by atoms with Gasteiger partial charge in [0.1, 0.15) is 5.75 Å². The van der Waals surface area contributed by atoms with E-state index in [0.29, 0.717) is 0 Å². The number of rotatable bonds is 6. The molecular formula is C19H16F3N3O4S. The third kappa shape index (κ3) is 5.17. The molecule has 0 bridgehead atoms. The molecule has 158 valence electrons. The highest BCUT2D eigenvalue weighted by molar-refractivity contribution is 7.90. The maximum atomic E-state index is 12.7. The second kappa shape index (κ2) is 8.19. The smallest absolute Gasteiger partial charge is 0.416 e. The second-order valence-corrected chi connectivity index (χ2v) is 7.97. The minimum atomic E-state index is -4.50. The molecule has 3 aromatic rings. The van der Waals surface area contributed by atoms with Crippen LogP contribution in [0.15, 0.2) is 65.7 Å². The Morgan fingerprint density at radius 1 is 1.13 bits per heavy atom. The lowest BCUT2D eigenvalue weighted by molar-refractivity contribution is -0.137. The lowest BCUT2D eigenvalue weighted by Crippen LogP contribution is -2.31. The molecule has 0 aliphatic heterocycles. The van der Waals surface area contributed by atoms with Gasteiger partial charge in [0.05, 0.1) is 10.5 Å². The molecule has 0 unspecified atom stereocenters. The van der Waals surface area contributed by atoms with Crippen LogP contribution in [0, 0.1) is 6.92 Å². The van der Waals surface area contributed by atoms with Crippen LogP contribution in [-0.2, 0) is 22.9 Å². The van der Waals surface area contributed by atoms with Crippen molar-refractivity contribution in [3.63, 3.8) is 0 Å². The van der Waals surface area contributed by atoms with E-state index >= 15 is 0 Å². The van der Waals surface area contributed by atoms with Crippen LogP contribution in [0.2, 0.25) is 0 Å². The highest BCUT2D eigenvalue weighted by atomic mass is 32.2. The summed E-state index contributed by atoms with van der Waals surface area (Å²) in [4.78, 5) is 12.1. The van der Waals surface area contributed by atoms with Gasteiger partial charge in [-0.3, -0.25) is 4.79 Å². The standard InChI is InChI=1S/C19H16F3N3O4S/c1-13-5-7-16(8-6-13)30(27,28)24-18(26)17-9-10-25(23-17)12-29-15-4-2-3-14(11-15)19(20,21)22/h2-11H,12H2,1H3,(H,24,26). The molecule has 0 aliphatic carbocycles. The highest BCUT2D eigenvalue weighted by Gasteiger charge is 2.30. The van der Waals surface area contributed by atoms with E-state index in [1.807, 2.05) is 4.72 Å². The molecule has 7 nitrogen and oxygen atoms in total. The van der Waals surface area contributed by atoms with Crippen LogP contribution >= 0.6 is 0 Å². The number of sulfonamides is 1. The van der Waals surface area contributed by atoms with Crippen molar-refractivity contribution in [1.29, 1.82) is 0 Å². The van der Waals surface area contributed by atoms with Gasteiger partial charge in [0, 0.05) is 6.20 Å². The predicted molar refractivity (Wildman–Crippen MR) is 100 cm³/mol. The van der Waals surface area contributed by atoms with E-state index in [9.17, 15) is 26.4 Å². The van der Waals surface area contributed by atoms with Crippen LogP contribution in [0.5, 0.6) is 5.75 Å². The van der Waals surface area contributed by atoms with Crippen molar-refractivity contribution in [1.82, 2.24) is 14.5 Å². The molecule has 0 spiro atoms. The number of ether oxygens (including phenoxy) is 1. The molecule has 0 fully saturated rings. The fourth-order valence-electron chi connectivity index (χ4n) is 2.41. The Hall–Kier alpha value is -3.34. The summed E-state index contributed by atoms with van der Waals surface area (Å²) < 4.78 is 71.1. The van der Waals surface area contributed by atoms with Gasteiger partial charge in [-0.15, -0.1) is 0 Å². The van der Waals surface area contributed by atoms with Crippen LogP contribution in [0.4, 0.5) is 13.2 Å². The Bertz CT molecular complexity index is 1160. The van der Waals surface area contributed by atoms with Crippen LogP contribution in [0.1, 0.15) is 21.6 Å². The van der Waals surface area contributed by atoms with E-state index < -0.39 is 27.7 Å². The fraction of sp³-hybridized carbons (Fsp3) is 0.158. The van der Waals surface area contributed by atoms with E-state index in [2.05, 4.69) is 5.10 Å². The summed E-state index contributed by atoms with van der Waals surface area (Å²) in [6.45, 7) is 1.52. The highest BCUT2D eigenvalue weighted by Crippen LogP contribution is 2.31. The quantitative estimate of drug-likeness (QED) is 0.636. The fourth-order valence-corrected chi connectivity index (χ4v) is 3.37. The number of carbonyl (C=O) groups is 1. The molecule has 3 rings (SSSR count). The van der Waals surface area contributed by atoms with Gasteiger partial charge in [-0.25, -0.2) is 17.8 Å². The number of nitrogens with zero attached hydrogens (tertiary/aromatic N) is 2. The Morgan fingerprint density at radius 2 is 1.83 bits per heavy atom. The Balaban J connectivity index is 1.65. The first-order valence-electron chi connectivity index (χ1n) is 8.52. The largest absolute Gasteiger partial charge is 0.471 e. The number of aromatic nitrogens is 2. The molecule has 1 aromatic heterocycles. The third-order valence-electron chi connectivity index (χ3n) is 3.96. The minimum absolute atomic E-state index is 0.0340. The van der Waals surface area contributed by atoms with Gasteiger partial charge < -0.3 is 4.74 Å². The number of hydrogen-bond donors (Lipinski definition) is 1. The molecule has 30 heavy (non-hydrogen) atoms. The van der Waals surface area contributed by atoms with E-state index in [1.165, 1.54) is 36.5 Å². The molecule has 1 amide bonds. The number of halogens is 3. The number of hydrogen-bond acceptors (Lipinski definition) is 5. The van der Waals surface area contributed by atoms with E-state index in [4.69, 9.17) is 4.74 Å². The average molecular weight is 439 g/mol. The van der Waals surface area contributed by atoms with Gasteiger partial charge in [-0.1, -0.05) is 23.8 Å². The number of amides is 1. The average Bonchev–Trinajstić information content (AvgIpc) is 3.15. The van der Waals surface area contributed by atoms with Gasteiger partial charge in [0.2, 0.25) is 0 Å². The summed E-state index contributed by atoms with van der Waals surface area (Å²) in [5, 5.41) is 3.88. The first-order chi connectivity index (χ1) is 14.0. The summed E-state index contributed by atoms with van der Waals surface area (Å²) in [5.74, 6) is -0.985. The van der Waals surface area contributed by atoms with Gasteiger partial charge >= 0.3 is 6.18 Å². The molecule has 2 aromatic carbocycles. The molecule has 0 saturated carbocycles. The van der Waals surface area contributed by atoms with Crippen molar-refractivity contribution in [3.05, 3.63) is 77.6 Å². The zero-order valence-corrected chi connectivity index (χ0v) is 16.4. The molecule has 1 N–H and O–H groups in total. The Morgan fingerprint density at radius 3 is 2.50 bits per heavy atom. The summed E-state index contributed by atoms with van der Waals surface area (Å²) in [7, 11) is -4.08. The molecule has 0 aliphatic rings. The Kier molecular flexibility index (Phi) is 5.83. The molecular weight excluding hydrogens is 423 g/mol. The van der Waals surface area contributed by atoms with Gasteiger partial charge in [0.25, 0.3) is 15.9 Å². The minimum Gasteiger partial charge on any atom is -0.471 e. The lowest BCUT2D eigenvalue weighted by atomic mass is 10.2. The molecule has 1 heterocycles. The van der Waals surface area contributed by atoms with E-state index in [1.54, 1.807) is 19.1 Å². The summed E-state index contributed by atoms with van der Waals surface area (Å²) in [5.41, 5.74) is -0.194. The SMILES string of the molecule is Cc1ccc(S(=O)(=O)NC(=O)c2ccn(COc3cccc(C(F)(F)F)c3)n2)cc1. The van der Waals surface area contributed by atoms with Crippen LogP contribution in [-0.4, -0.2) is 24.1 Å². The van der Waals surface area contributed by atoms with Crippen LogP contribution < -0.4 is 9.46 Å². The summed E-state index contributed by atoms with van der Waals surface area (Å²) >= 11 is 0. The van der Waals surface area contributed by atoms with Crippen LogP contribution in [0.3, 0.4) is 0 Å². The number of carbonyl (C=O) groups excluding carboxylic acids is 1.